The van der Waals surface area contributed by atoms with Gasteiger partial charge in [0.25, 0.3) is 0 Å². The Balaban J connectivity index is 2.58. The molecule has 1 heterocycles. The van der Waals surface area contributed by atoms with E-state index in [1.807, 2.05) is 25.1 Å². The lowest BCUT2D eigenvalue weighted by atomic mass is 9.99. The largest absolute Gasteiger partial charge is 0.481 e. The monoisotopic (exact) mass is 275 g/mol. The molecule has 0 aliphatic rings. The van der Waals surface area contributed by atoms with Crippen molar-refractivity contribution in [2.75, 3.05) is 5.75 Å². The number of carboxylic acid groups (broad SMARTS) is 1. The van der Waals surface area contributed by atoms with Gasteiger partial charge in [-0.3, -0.25) is 9.78 Å². The van der Waals surface area contributed by atoms with E-state index in [4.69, 9.17) is 5.11 Å². The molecular formula is C15H17NO2S. The van der Waals surface area contributed by atoms with Gasteiger partial charge in [0.05, 0.1) is 11.3 Å². The summed E-state index contributed by atoms with van der Waals surface area (Å²) in [5.74, 6) is -0.326. The molecule has 1 N–H and O–H groups in total. The Bertz CT molecular complexity index is 623. The molecule has 2 rings (SSSR count). The molecule has 0 atom stereocenters. The van der Waals surface area contributed by atoms with Crippen molar-refractivity contribution in [3.63, 3.8) is 0 Å². The van der Waals surface area contributed by atoms with E-state index in [2.05, 4.69) is 24.9 Å². The molecular weight excluding hydrogens is 258 g/mol. The summed E-state index contributed by atoms with van der Waals surface area (Å²) >= 11 is 1.35. The molecule has 0 aliphatic heterocycles. The van der Waals surface area contributed by atoms with Crippen LogP contribution in [0.15, 0.2) is 29.2 Å². The van der Waals surface area contributed by atoms with Gasteiger partial charge in [-0.2, -0.15) is 0 Å². The van der Waals surface area contributed by atoms with Crippen LogP contribution in [0.3, 0.4) is 0 Å². The minimum Gasteiger partial charge on any atom is -0.481 e. The lowest BCUT2D eigenvalue weighted by Gasteiger charge is -2.12. The molecule has 0 unspecified atom stereocenters. The average Bonchev–Trinajstić information content (AvgIpc) is 2.34. The highest BCUT2D eigenvalue weighted by molar-refractivity contribution is 8.00. The first-order valence-electron chi connectivity index (χ1n) is 6.24. The van der Waals surface area contributed by atoms with Crippen LogP contribution in [0.5, 0.6) is 0 Å². The molecule has 0 aliphatic carbocycles. The number of carbonyl (C=O) groups is 1. The molecule has 0 fully saturated rings. The fourth-order valence-electron chi connectivity index (χ4n) is 2.09. The minimum absolute atomic E-state index is 0.0739. The van der Waals surface area contributed by atoms with Crippen LogP contribution in [0, 0.1) is 6.92 Å². The van der Waals surface area contributed by atoms with E-state index >= 15 is 0 Å². The number of aryl methyl sites for hydroxylation is 1. The number of thioether (sulfide) groups is 1. The molecule has 1 aromatic heterocycles. The number of hydrogen-bond acceptors (Lipinski definition) is 3. The smallest absolute Gasteiger partial charge is 0.313 e. The molecule has 0 amide bonds. The lowest BCUT2D eigenvalue weighted by Crippen LogP contribution is -1.99. The number of hydrogen-bond donors (Lipinski definition) is 1. The normalized spacial score (nSPS) is 11.2. The van der Waals surface area contributed by atoms with Crippen LogP contribution in [0.1, 0.15) is 31.0 Å². The highest BCUT2D eigenvalue weighted by atomic mass is 32.2. The molecule has 19 heavy (non-hydrogen) atoms. The second-order valence-corrected chi connectivity index (χ2v) is 5.86. The van der Waals surface area contributed by atoms with E-state index in [9.17, 15) is 4.79 Å². The predicted molar refractivity (Wildman–Crippen MR) is 78.9 cm³/mol. The lowest BCUT2D eigenvalue weighted by molar-refractivity contribution is -0.133. The van der Waals surface area contributed by atoms with Gasteiger partial charge in [-0.25, -0.2) is 0 Å². The van der Waals surface area contributed by atoms with E-state index in [1.165, 1.54) is 17.3 Å². The third-order valence-corrected chi connectivity index (χ3v) is 3.97. The van der Waals surface area contributed by atoms with E-state index in [0.717, 1.165) is 21.5 Å². The van der Waals surface area contributed by atoms with Gasteiger partial charge in [0.2, 0.25) is 0 Å². The van der Waals surface area contributed by atoms with Crippen molar-refractivity contribution < 1.29 is 9.90 Å². The predicted octanol–water partition coefficient (Wildman–Crippen LogP) is 3.84. The van der Waals surface area contributed by atoms with Crippen LogP contribution < -0.4 is 0 Å². The van der Waals surface area contributed by atoms with Crippen molar-refractivity contribution in [1.29, 1.82) is 0 Å². The summed E-state index contributed by atoms with van der Waals surface area (Å²) in [5, 5.41) is 9.87. The topological polar surface area (TPSA) is 50.2 Å². The second kappa shape index (κ2) is 5.61. The van der Waals surface area contributed by atoms with Crippen LogP contribution >= 0.6 is 11.8 Å². The Morgan fingerprint density at radius 1 is 1.42 bits per heavy atom. The zero-order valence-corrected chi connectivity index (χ0v) is 12.1. The Kier molecular flexibility index (Phi) is 4.10. The van der Waals surface area contributed by atoms with Crippen molar-refractivity contribution in [3.05, 3.63) is 35.5 Å². The maximum absolute atomic E-state index is 10.7. The quantitative estimate of drug-likeness (QED) is 0.861. The van der Waals surface area contributed by atoms with Gasteiger partial charge in [-0.1, -0.05) is 32.0 Å². The van der Waals surface area contributed by atoms with E-state index in [1.54, 1.807) is 0 Å². The molecule has 0 radical (unpaired) electrons. The molecule has 4 heteroatoms. The van der Waals surface area contributed by atoms with E-state index in [0.29, 0.717) is 5.92 Å². The van der Waals surface area contributed by atoms with E-state index < -0.39 is 5.97 Å². The zero-order valence-electron chi connectivity index (χ0n) is 11.3. The van der Waals surface area contributed by atoms with Crippen LogP contribution in [0.2, 0.25) is 0 Å². The van der Waals surface area contributed by atoms with Gasteiger partial charge in [-0.15, -0.1) is 11.8 Å². The van der Waals surface area contributed by atoms with Crippen molar-refractivity contribution in [3.8, 4) is 0 Å². The second-order valence-electron chi connectivity index (χ2n) is 4.84. The highest BCUT2D eigenvalue weighted by Crippen LogP contribution is 2.31. The summed E-state index contributed by atoms with van der Waals surface area (Å²) in [6, 6.07) is 8.07. The fourth-order valence-corrected chi connectivity index (χ4v) is 2.94. The number of aromatic nitrogens is 1. The molecule has 1 aromatic carbocycles. The highest BCUT2D eigenvalue weighted by Gasteiger charge is 2.11. The molecule has 0 bridgehead atoms. The standard InChI is InChI=1S/C15H17NO2S/c1-9(2)11-5-4-6-12-13(19-8-14(17)18)7-10(3)16-15(11)12/h4-7,9H,8H2,1-3H3,(H,17,18). The minimum atomic E-state index is -0.798. The van der Waals surface area contributed by atoms with Crippen molar-refractivity contribution in [2.24, 2.45) is 0 Å². The van der Waals surface area contributed by atoms with Crippen LogP contribution in [-0.4, -0.2) is 21.8 Å². The number of nitrogens with zero attached hydrogens (tertiary/aromatic N) is 1. The fraction of sp³-hybridized carbons (Fsp3) is 0.333. The Labute approximate surface area is 117 Å². The first kappa shape index (κ1) is 13.9. The summed E-state index contributed by atoms with van der Waals surface area (Å²) in [4.78, 5) is 16.3. The van der Waals surface area contributed by atoms with Gasteiger partial charge in [-0.05, 0) is 24.5 Å². The van der Waals surface area contributed by atoms with Crippen LogP contribution in [0.4, 0.5) is 0 Å². The summed E-state index contributed by atoms with van der Waals surface area (Å²) < 4.78 is 0. The molecule has 100 valence electrons. The summed E-state index contributed by atoms with van der Waals surface area (Å²) in [5.41, 5.74) is 3.12. The number of pyridine rings is 1. The Morgan fingerprint density at radius 2 is 2.16 bits per heavy atom. The molecule has 0 saturated heterocycles. The molecule has 3 nitrogen and oxygen atoms in total. The third kappa shape index (κ3) is 3.07. The molecule has 0 spiro atoms. The first-order chi connectivity index (χ1) is 8.99. The number of rotatable bonds is 4. The SMILES string of the molecule is Cc1cc(SCC(=O)O)c2cccc(C(C)C)c2n1. The summed E-state index contributed by atoms with van der Waals surface area (Å²) in [7, 11) is 0. The molecule has 0 saturated carbocycles. The van der Waals surface area contributed by atoms with Crippen molar-refractivity contribution in [2.45, 2.75) is 31.6 Å². The number of benzene rings is 1. The molecule has 2 aromatic rings. The summed E-state index contributed by atoms with van der Waals surface area (Å²) in [6.07, 6.45) is 0. The Hall–Kier alpha value is -1.55. The van der Waals surface area contributed by atoms with Gasteiger partial charge in [0.15, 0.2) is 0 Å². The first-order valence-corrected chi connectivity index (χ1v) is 7.22. The van der Waals surface area contributed by atoms with Gasteiger partial charge in [0, 0.05) is 16.0 Å². The van der Waals surface area contributed by atoms with Gasteiger partial charge >= 0.3 is 5.97 Å². The number of carboxylic acids is 1. The van der Waals surface area contributed by atoms with Crippen LogP contribution in [0.25, 0.3) is 10.9 Å². The summed E-state index contributed by atoms with van der Waals surface area (Å²) in [6.45, 7) is 6.23. The van der Waals surface area contributed by atoms with Crippen molar-refractivity contribution >= 4 is 28.6 Å². The van der Waals surface area contributed by atoms with Gasteiger partial charge in [0.1, 0.15) is 0 Å². The number of fused-ring (bicyclic) bond motifs is 1. The maximum atomic E-state index is 10.7. The Morgan fingerprint density at radius 3 is 2.79 bits per heavy atom. The third-order valence-electron chi connectivity index (χ3n) is 2.93. The number of aliphatic carboxylic acids is 1. The van der Waals surface area contributed by atoms with Crippen LogP contribution in [-0.2, 0) is 4.79 Å². The zero-order chi connectivity index (χ0) is 14.0. The number of para-hydroxylation sites is 1. The van der Waals surface area contributed by atoms with E-state index in [-0.39, 0.29) is 5.75 Å². The average molecular weight is 275 g/mol. The van der Waals surface area contributed by atoms with Gasteiger partial charge < -0.3 is 5.11 Å². The van der Waals surface area contributed by atoms with Crippen molar-refractivity contribution in [1.82, 2.24) is 4.98 Å². The maximum Gasteiger partial charge on any atom is 0.313 e.